The van der Waals surface area contributed by atoms with Crippen LogP contribution in [0.25, 0.3) is 21.5 Å². The molecule has 0 radical (unpaired) electrons. The summed E-state index contributed by atoms with van der Waals surface area (Å²) in [7, 11) is 0. The summed E-state index contributed by atoms with van der Waals surface area (Å²) >= 11 is 7.95. The molecule has 2 aromatic carbocycles. The molecule has 81 heavy (non-hydrogen) atoms. The van der Waals surface area contributed by atoms with Gasteiger partial charge in [-0.25, -0.2) is 15.0 Å². The first-order chi connectivity index (χ1) is 38.9. The molecule has 442 valence electrons. The lowest BCUT2D eigenvalue weighted by Gasteiger charge is -2.34. The van der Waals surface area contributed by atoms with Crippen LogP contribution in [-0.2, 0) is 54.1 Å². The molecule has 0 saturated carbocycles. The summed E-state index contributed by atoms with van der Waals surface area (Å²) in [5, 5.41) is 47.3. The highest BCUT2D eigenvalue weighted by atomic mass is 35.5. The highest BCUT2D eigenvalue weighted by Gasteiger charge is 2.48. The van der Waals surface area contributed by atoms with Crippen molar-refractivity contribution in [3.05, 3.63) is 88.4 Å². The number of benzene rings is 2. The molecular weight excluding hydrogens is 1090 g/mol. The standard InChI is InChI=1S/C57H76ClN7O15S/c1-35-51(81-34-63-35)37-9-7-36(8-10-37)31-60-54(72)45-30-41(68)32-65(45)55(73)43(57(2,3)4)29-40(67)15-19-75-21-23-77-25-27-78-26-24-76-22-20-74-18-14-39(66)6-5-17-79-46-28-38(11-12-44(46)58)47(69)50-48(70)49(71)56(80-50)64-16-13-42-52(59)61-33-62-53(42)64/h7-13,16,28,33-34,41,43,45,47-50,56,68-71H,5-6,14-15,17-27,29-32H2,1-4H3,(H,60,72)(H2,59,61,62)/t41-,43-,45+,47-,48+,49-,50-,56-/m1/s1. The second kappa shape index (κ2) is 30.7. The highest BCUT2D eigenvalue weighted by Crippen LogP contribution is 2.40. The van der Waals surface area contributed by atoms with Crippen molar-refractivity contribution < 1.29 is 72.8 Å². The van der Waals surface area contributed by atoms with Crippen LogP contribution in [0.15, 0.2) is 66.6 Å². The van der Waals surface area contributed by atoms with Gasteiger partial charge in [-0.3, -0.25) is 19.2 Å². The molecule has 2 fully saturated rings. The number of β-amino-alcohol motifs (C(OH)–C–C–N with tert-alkyl or cyclic N) is 1. The second-order valence-corrected chi connectivity index (χ2v) is 22.4. The van der Waals surface area contributed by atoms with E-state index in [4.69, 9.17) is 50.5 Å². The van der Waals surface area contributed by atoms with Gasteiger partial charge in [0.1, 0.15) is 65.6 Å². The zero-order valence-corrected chi connectivity index (χ0v) is 47.9. The molecular formula is C57H76ClN7O15S. The molecule has 0 aliphatic carbocycles. The first-order valence-electron chi connectivity index (χ1n) is 27.3. The van der Waals surface area contributed by atoms with E-state index in [1.165, 1.54) is 21.9 Å². The molecule has 7 rings (SSSR count). The van der Waals surface area contributed by atoms with Gasteiger partial charge in [0.25, 0.3) is 0 Å². The van der Waals surface area contributed by atoms with Crippen LogP contribution in [0.2, 0.25) is 5.02 Å². The van der Waals surface area contributed by atoms with Crippen LogP contribution in [-0.4, -0.2) is 178 Å². The minimum Gasteiger partial charge on any atom is -0.492 e. The van der Waals surface area contributed by atoms with Crippen LogP contribution < -0.4 is 15.8 Å². The third kappa shape index (κ3) is 17.7. The van der Waals surface area contributed by atoms with Gasteiger partial charge >= 0.3 is 0 Å². The van der Waals surface area contributed by atoms with Crippen LogP contribution in [0.5, 0.6) is 5.75 Å². The fourth-order valence-corrected chi connectivity index (χ4v) is 10.5. The predicted octanol–water partition coefficient (Wildman–Crippen LogP) is 4.94. The largest absolute Gasteiger partial charge is 0.492 e. The molecule has 3 aromatic heterocycles. The van der Waals surface area contributed by atoms with Gasteiger partial charge in [0, 0.05) is 57.3 Å². The molecule has 7 N–H and O–H groups in total. The number of nitrogens with one attached hydrogen (secondary N) is 1. The number of nitrogens with two attached hydrogens (primary N) is 1. The third-order valence-corrected chi connectivity index (χ3v) is 15.5. The number of carbonyl (C=O) groups excluding carboxylic acids is 4. The molecule has 0 spiro atoms. The third-order valence-electron chi connectivity index (χ3n) is 14.2. The molecule has 5 heterocycles. The van der Waals surface area contributed by atoms with E-state index in [2.05, 4.69) is 20.3 Å². The maximum atomic E-state index is 14.0. The van der Waals surface area contributed by atoms with Crippen LogP contribution in [0.3, 0.4) is 0 Å². The molecule has 5 aromatic rings. The Morgan fingerprint density at radius 1 is 0.827 bits per heavy atom. The Bertz CT molecular complexity index is 2830. The van der Waals surface area contributed by atoms with Crippen molar-refractivity contribution >= 4 is 63.2 Å². The summed E-state index contributed by atoms with van der Waals surface area (Å²) in [5.41, 5.74) is 10.8. The smallest absolute Gasteiger partial charge is 0.243 e. The Labute approximate surface area is 480 Å². The van der Waals surface area contributed by atoms with Crippen molar-refractivity contribution in [2.45, 2.75) is 116 Å². The minimum absolute atomic E-state index is 0.00389. The topological polar surface area (TPSA) is 299 Å². The number of thiazole rings is 1. The summed E-state index contributed by atoms with van der Waals surface area (Å²) in [4.78, 5) is 68.1. The summed E-state index contributed by atoms with van der Waals surface area (Å²) in [6.07, 6.45) is -3.26. The average molecular weight is 1170 g/mol. The van der Waals surface area contributed by atoms with Crippen LogP contribution in [0.1, 0.15) is 88.4 Å². The number of aromatic nitrogens is 4. The number of aliphatic hydroxyl groups is 4. The first-order valence-corrected chi connectivity index (χ1v) is 28.5. The quantitative estimate of drug-likeness (QED) is 0.0303. The molecule has 2 aliphatic heterocycles. The Balaban J connectivity index is 0.668. The number of Topliss-reactive ketones (excluding diaryl/α,β-unsaturated/α-hetero) is 2. The van der Waals surface area contributed by atoms with E-state index in [1.807, 2.05) is 57.5 Å². The predicted molar refractivity (Wildman–Crippen MR) is 300 cm³/mol. The van der Waals surface area contributed by atoms with E-state index in [0.29, 0.717) is 69.3 Å². The van der Waals surface area contributed by atoms with Gasteiger partial charge in [-0.15, -0.1) is 11.3 Å². The maximum absolute atomic E-state index is 14.0. The number of fused-ring (bicyclic) bond motifs is 1. The Kier molecular flexibility index (Phi) is 23.9. The number of nitrogens with zero attached hydrogens (tertiary/aromatic N) is 5. The molecule has 8 atom stereocenters. The first kappa shape index (κ1) is 63.0. The van der Waals surface area contributed by atoms with Gasteiger partial charge in [-0.2, -0.15) is 0 Å². The minimum atomic E-state index is -1.44. The number of hydrogen-bond acceptors (Lipinski definition) is 20. The van der Waals surface area contributed by atoms with Crippen molar-refractivity contribution in [1.82, 2.24) is 29.7 Å². The van der Waals surface area contributed by atoms with Crippen molar-refractivity contribution in [1.29, 1.82) is 0 Å². The van der Waals surface area contributed by atoms with Gasteiger partial charge in [-0.05, 0) is 53.6 Å². The van der Waals surface area contributed by atoms with Gasteiger partial charge in [-0.1, -0.05) is 62.7 Å². The number of carbonyl (C=O) groups is 4. The molecule has 24 heteroatoms. The van der Waals surface area contributed by atoms with E-state index in [9.17, 15) is 39.6 Å². The van der Waals surface area contributed by atoms with Crippen molar-refractivity contribution in [3.63, 3.8) is 0 Å². The SMILES string of the molecule is Cc1ncsc1-c1ccc(CNC(=O)[C@@H]2C[C@@H](O)CN2C(=O)[C@@H](CC(=O)CCOCCOCCOCCOCCOCCC(=O)CCCOc2cc([C@@H](O)[C@H]3O[C@@H](n4ccc5c(N)ncnc54)[C@H](O)[C@@H]3O)ccc2Cl)C(C)(C)C)cc1. The van der Waals surface area contributed by atoms with Gasteiger partial charge in [0.2, 0.25) is 11.8 Å². The number of rotatable bonds is 33. The number of halogens is 1. The normalized spacial score (nSPS) is 20.0. The second-order valence-electron chi connectivity index (χ2n) is 21.1. The van der Waals surface area contributed by atoms with Gasteiger partial charge < -0.3 is 74.1 Å². The molecule has 2 saturated heterocycles. The van der Waals surface area contributed by atoms with Crippen LogP contribution in [0, 0.1) is 18.3 Å². The van der Waals surface area contributed by atoms with Crippen LogP contribution in [0.4, 0.5) is 5.82 Å². The Morgan fingerprint density at radius 2 is 1.47 bits per heavy atom. The van der Waals surface area contributed by atoms with E-state index in [1.54, 1.807) is 35.7 Å². The van der Waals surface area contributed by atoms with E-state index >= 15 is 0 Å². The average Bonchev–Trinajstić information content (AvgIpc) is 4.42. The summed E-state index contributed by atoms with van der Waals surface area (Å²) in [5.74, 6) is -0.976. The van der Waals surface area contributed by atoms with E-state index in [-0.39, 0.29) is 112 Å². The Morgan fingerprint density at radius 3 is 2.10 bits per heavy atom. The Hall–Kier alpha value is -5.54. The number of aliphatic hydroxyl groups excluding tert-OH is 4. The number of ketones is 2. The van der Waals surface area contributed by atoms with Gasteiger partial charge in [0.05, 0.1) is 105 Å². The van der Waals surface area contributed by atoms with E-state index in [0.717, 1.165) is 21.7 Å². The highest BCUT2D eigenvalue weighted by molar-refractivity contribution is 7.13. The lowest BCUT2D eigenvalue weighted by atomic mass is 9.76. The van der Waals surface area contributed by atoms with Crippen molar-refractivity contribution in [3.8, 4) is 16.2 Å². The lowest BCUT2D eigenvalue weighted by molar-refractivity contribution is -0.146. The van der Waals surface area contributed by atoms with Gasteiger partial charge in [0.15, 0.2) is 6.23 Å². The number of amides is 2. The zero-order valence-electron chi connectivity index (χ0n) is 46.3. The fraction of sp³-hybridized carbons (Fsp3) is 0.561. The molecule has 0 bridgehead atoms. The molecule has 22 nitrogen and oxygen atoms in total. The number of ether oxygens (including phenoxy) is 7. The monoisotopic (exact) mass is 1170 g/mol. The summed E-state index contributed by atoms with van der Waals surface area (Å²) in [6, 6.07) is 13.3. The summed E-state index contributed by atoms with van der Waals surface area (Å²) in [6.45, 7) is 11.2. The number of aryl methyl sites for hydroxylation is 1. The number of likely N-dealkylation sites (tertiary alicyclic amines) is 1. The van der Waals surface area contributed by atoms with Crippen LogP contribution >= 0.6 is 22.9 Å². The zero-order chi connectivity index (χ0) is 58.1. The molecule has 0 unspecified atom stereocenters. The van der Waals surface area contributed by atoms with Crippen molar-refractivity contribution in [2.75, 3.05) is 85.0 Å². The number of nitrogen functional groups attached to an aromatic ring is 1. The number of hydrogen-bond donors (Lipinski definition) is 6. The molecule has 2 aliphatic rings. The van der Waals surface area contributed by atoms with Crippen molar-refractivity contribution in [2.24, 2.45) is 11.3 Å². The fourth-order valence-electron chi connectivity index (χ4n) is 9.57. The van der Waals surface area contributed by atoms with E-state index < -0.39 is 54.1 Å². The molecule has 2 amide bonds. The summed E-state index contributed by atoms with van der Waals surface area (Å²) < 4.78 is 41.2. The number of anilines is 1. The maximum Gasteiger partial charge on any atom is 0.243 e. The lowest BCUT2D eigenvalue weighted by Crippen LogP contribution is -2.50.